The van der Waals surface area contributed by atoms with Gasteiger partial charge in [0.2, 0.25) is 0 Å². The Hall–Kier alpha value is -1.07. The molecule has 0 amide bonds. The zero-order valence-corrected chi connectivity index (χ0v) is 9.84. The van der Waals surface area contributed by atoms with E-state index >= 15 is 0 Å². The highest BCUT2D eigenvalue weighted by Crippen LogP contribution is 2.31. The van der Waals surface area contributed by atoms with Gasteiger partial charge in [-0.15, -0.1) is 0 Å². The second-order valence-electron chi connectivity index (χ2n) is 3.96. The fourth-order valence-corrected chi connectivity index (χ4v) is 1.67. The molecule has 0 saturated carbocycles. The number of aryl methyl sites for hydroxylation is 1. The van der Waals surface area contributed by atoms with Crippen molar-refractivity contribution < 1.29 is 17.9 Å². The molecule has 1 unspecified atom stereocenters. The Kier molecular flexibility index (Phi) is 4.54. The quantitative estimate of drug-likeness (QED) is 0.887. The zero-order valence-electron chi connectivity index (χ0n) is 9.84. The molecule has 1 aromatic rings. The number of hydrogen-bond donors (Lipinski definition) is 1. The van der Waals surface area contributed by atoms with Crippen molar-refractivity contribution in [2.24, 2.45) is 5.73 Å². The van der Waals surface area contributed by atoms with Gasteiger partial charge in [0.1, 0.15) is 0 Å². The highest BCUT2D eigenvalue weighted by molar-refractivity contribution is 5.34. The van der Waals surface area contributed by atoms with Gasteiger partial charge < -0.3 is 10.5 Å². The van der Waals surface area contributed by atoms with Gasteiger partial charge in [0.15, 0.2) is 0 Å². The van der Waals surface area contributed by atoms with Crippen LogP contribution in [-0.4, -0.2) is 13.7 Å². The predicted octanol–water partition coefficient (Wildman–Crippen LogP) is 3.05. The normalized spacial score (nSPS) is 13.8. The minimum absolute atomic E-state index is 0.294. The van der Waals surface area contributed by atoms with E-state index < -0.39 is 11.7 Å². The molecule has 17 heavy (non-hydrogen) atoms. The molecular weight excluding hydrogens is 231 g/mol. The van der Waals surface area contributed by atoms with E-state index in [1.165, 1.54) is 6.07 Å². The van der Waals surface area contributed by atoms with Crippen LogP contribution >= 0.6 is 0 Å². The van der Waals surface area contributed by atoms with Gasteiger partial charge in [0.25, 0.3) is 0 Å². The summed E-state index contributed by atoms with van der Waals surface area (Å²) in [7, 11) is 1.56. The first-order chi connectivity index (χ1) is 7.86. The number of nitrogens with two attached hydrogens (primary N) is 1. The Morgan fingerprint density at radius 1 is 1.35 bits per heavy atom. The molecule has 0 aliphatic carbocycles. The highest BCUT2D eigenvalue weighted by Gasteiger charge is 2.30. The van der Waals surface area contributed by atoms with Gasteiger partial charge in [-0.2, -0.15) is 13.2 Å². The van der Waals surface area contributed by atoms with Crippen LogP contribution in [0.1, 0.15) is 29.2 Å². The second kappa shape index (κ2) is 5.51. The predicted molar refractivity (Wildman–Crippen MR) is 59.6 cm³/mol. The zero-order chi connectivity index (χ0) is 13.1. The van der Waals surface area contributed by atoms with Crippen LogP contribution in [0, 0.1) is 6.92 Å². The minimum Gasteiger partial charge on any atom is -0.385 e. The summed E-state index contributed by atoms with van der Waals surface area (Å²) in [6, 6.07) is 3.34. The summed E-state index contributed by atoms with van der Waals surface area (Å²) in [5.41, 5.74) is 6.53. The summed E-state index contributed by atoms with van der Waals surface area (Å²) in [6.45, 7) is 2.12. The fraction of sp³-hybridized carbons (Fsp3) is 0.500. The molecule has 2 nitrogen and oxygen atoms in total. The lowest BCUT2D eigenvalue weighted by atomic mass is 9.97. The standard InChI is InChI=1S/C12H16F3NO/c1-8-7-9(12(13,14)15)3-4-10(8)11(16)5-6-17-2/h3-4,7,11H,5-6,16H2,1-2H3. The molecule has 0 radical (unpaired) electrons. The van der Waals surface area contributed by atoms with E-state index in [2.05, 4.69) is 0 Å². The first-order valence-electron chi connectivity index (χ1n) is 5.28. The average molecular weight is 247 g/mol. The number of benzene rings is 1. The molecule has 0 fully saturated rings. The van der Waals surface area contributed by atoms with Crippen LogP contribution in [0.2, 0.25) is 0 Å². The first kappa shape index (κ1) is 14.0. The number of rotatable bonds is 4. The summed E-state index contributed by atoms with van der Waals surface area (Å²) in [6.07, 6.45) is -3.72. The smallest absolute Gasteiger partial charge is 0.385 e. The molecule has 0 saturated heterocycles. The van der Waals surface area contributed by atoms with Crippen LogP contribution in [0.5, 0.6) is 0 Å². The van der Waals surface area contributed by atoms with Crippen molar-refractivity contribution in [1.29, 1.82) is 0 Å². The van der Waals surface area contributed by atoms with Crippen molar-refractivity contribution in [3.63, 3.8) is 0 Å². The molecule has 1 rings (SSSR count). The van der Waals surface area contributed by atoms with Gasteiger partial charge in [-0.3, -0.25) is 0 Å². The number of alkyl halides is 3. The molecule has 0 aromatic heterocycles. The monoisotopic (exact) mass is 247 g/mol. The van der Waals surface area contributed by atoms with Crippen molar-refractivity contribution >= 4 is 0 Å². The summed E-state index contributed by atoms with van der Waals surface area (Å²) in [4.78, 5) is 0. The Balaban J connectivity index is 2.90. The molecule has 1 atom stereocenters. The summed E-state index contributed by atoms with van der Waals surface area (Å²) >= 11 is 0. The molecule has 2 N–H and O–H groups in total. The van der Waals surface area contributed by atoms with E-state index in [0.717, 1.165) is 17.7 Å². The Bertz CT molecular complexity index is 377. The van der Waals surface area contributed by atoms with Crippen molar-refractivity contribution in [2.75, 3.05) is 13.7 Å². The summed E-state index contributed by atoms with van der Waals surface area (Å²) in [5.74, 6) is 0. The third-order valence-corrected chi connectivity index (χ3v) is 2.63. The lowest BCUT2D eigenvalue weighted by Crippen LogP contribution is -2.15. The average Bonchev–Trinajstić information content (AvgIpc) is 2.24. The third kappa shape index (κ3) is 3.71. The molecule has 0 aliphatic rings. The van der Waals surface area contributed by atoms with Gasteiger partial charge in [-0.1, -0.05) is 6.07 Å². The molecule has 0 spiro atoms. The number of ether oxygens (including phenoxy) is 1. The third-order valence-electron chi connectivity index (χ3n) is 2.63. The number of methoxy groups -OCH3 is 1. The van der Waals surface area contributed by atoms with Crippen LogP contribution in [0.25, 0.3) is 0 Å². The van der Waals surface area contributed by atoms with E-state index in [1.54, 1.807) is 14.0 Å². The van der Waals surface area contributed by atoms with Gasteiger partial charge in [-0.05, 0) is 36.6 Å². The molecule has 96 valence electrons. The highest BCUT2D eigenvalue weighted by atomic mass is 19.4. The summed E-state index contributed by atoms with van der Waals surface area (Å²) in [5, 5.41) is 0. The van der Waals surface area contributed by atoms with Crippen LogP contribution < -0.4 is 5.73 Å². The van der Waals surface area contributed by atoms with E-state index in [-0.39, 0.29) is 6.04 Å². The van der Waals surface area contributed by atoms with Crippen molar-refractivity contribution in [2.45, 2.75) is 25.6 Å². The SMILES string of the molecule is COCCC(N)c1ccc(C(F)(F)F)cc1C. The maximum atomic E-state index is 12.5. The van der Waals surface area contributed by atoms with Gasteiger partial charge in [0, 0.05) is 19.8 Å². The van der Waals surface area contributed by atoms with E-state index in [0.29, 0.717) is 18.6 Å². The largest absolute Gasteiger partial charge is 0.416 e. The van der Waals surface area contributed by atoms with E-state index in [9.17, 15) is 13.2 Å². The maximum absolute atomic E-state index is 12.5. The van der Waals surface area contributed by atoms with Crippen molar-refractivity contribution in [3.05, 3.63) is 34.9 Å². The maximum Gasteiger partial charge on any atom is 0.416 e. The van der Waals surface area contributed by atoms with Gasteiger partial charge >= 0.3 is 6.18 Å². The first-order valence-corrected chi connectivity index (χ1v) is 5.28. The molecular formula is C12H16F3NO. The van der Waals surface area contributed by atoms with Crippen molar-refractivity contribution in [3.8, 4) is 0 Å². The topological polar surface area (TPSA) is 35.2 Å². The van der Waals surface area contributed by atoms with Crippen LogP contribution in [0.15, 0.2) is 18.2 Å². The number of hydrogen-bond acceptors (Lipinski definition) is 2. The van der Waals surface area contributed by atoms with Crippen LogP contribution in [0.4, 0.5) is 13.2 Å². The van der Waals surface area contributed by atoms with Crippen molar-refractivity contribution in [1.82, 2.24) is 0 Å². The fourth-order valence-electron chi connectivity index (χ4n) is 1.67. The second-order valence-corrected chi connectivity index (χ2v) is 3.96. The lowest BCUT2D eigenvalue weighted by molar-refractivity contribution is -0.137. The Labute approximate surface area is 98.6 Å². The number of halogens is 3. The minimum atomic E-state index is -4.31. The molecule has 0 bridgehead atoms. The van der Waals surface area contributed by atoms with Gasteiger partial charge in [-0.25, -0.2) is 0 Å². The Morgan fingerprint density at radius 2 is 2.00 bits per heavy atom. The lowest BCUT2D eigenvalue weighted by Gasteiger charge is -2.16. The summed E-state index contributed by atoms with van der Waals surface area (Å²) < 4.78 is 42.2. The molecule has 0 aliphatic heterocycles. The van der Waals surface area contributed by atoms with Crippen LogP contribution in [-0.2, 0) is 10.9 Å². The van der Waals surface area contributed by atoms with E-state index in [1.807, 2.05) is 0 Å². The van der Waals surface area contributed by atoms with Gasteiger partial charge in [0.05, 0.1) is 5.56 Å². The molecule has 1 aromatic carbocycles. The Morgan fingerprint density at radius 3 is 2.47 bits per heavy atom. The molecule has 5 heteroatoms. The molecule has 0 heterocycles. The van der Waals surface area contributed by atoms with E-state index in [4.69, 9.17) is 10.5 Å². The van der Waals surface area contributed by atoms with Crippen LogP contribution in [0.3, 0.4) is 0 Å².